The Labute approximate surface area is 202 Å². The maximum atomic E-state index is 13.1. The lowest BCUT2D eigenvalue weighted by Gasteiger charge is -2.14. The van der Waals surface area contributed by atoms with Crippen LogP contribution in [-0.2, 0) is 6.61 Å². The van der Waals surface area contributed by atoms with Crippen LogP contribution in [0.4, 0.5) is 0 Å². The number of nitrogens with one attached hydrogen (secondary N) is 1. The number of ketones is 1. The first kappa shape index (κ1) is 22.7. The number of rotatable bonds is 7. The summed E-state index contributed by atoms with van der Waals surface area (Å²) in [7, 11) is 0. The van der Waals surface area contributed by atoms with Crippen molar-refractivity contribution in [3.8, 4) is 17.2 Å². The van der Waals surface area contributed by atoms with Crippen LogP contribution in [0.25, 0.3) is 0 Å². The summed E-state index contributed by atoms with van der Waals surface area (Å²) in [6, 6.07) is 16.1. The van der Waals surface area contributed by atoms with Crippen LogP contribution in [0.15, 0.2) is 48.5 Å². The molecule has 0 saturated heterocycles. The van der Waals surface area contributed by atoms with Crippen LogP contribution < -0.4 is 14.8 Å². The predicted octanol–water partition coefficient (Wildman–Crippen LogP) is 4.52. The number of ether oxygens (including phenoxy) is 2. The summed E-state index contributed by atoms with van der Waals surface area (Å²) >= 11 is 0. The van der Waals surface area contributed by atoms with Crippen LogP contribution in [0.2, 0.25) is 0 Å². The number of carbonyl (C=O) groups is 3. The summed E-state index contributed by atoms with van der Waals surface area (Å²) < 4.78 is 11.7. The highest BCUT2D eigenvalue weighted by molar-refractivity contribution is 6.21. The fourth-order valence-electron chi connectivity index (χ4n) is 4.49. The van der Waals surface area contributed by atoms with Crippen molar-refractivity contribution >= 4 is 17.6 Å². The molecule has 1 aliphatic heterocycles. The predicted molar refractivity (Wildman–Crippen MR) is 127 cm³/mol. The molecular formula is C28H24NO6. The number of aryl methyl sites for hydroxylation is 1. The Kier molecular flexibility index (Phi) is 5.99. The van der Waals surface area contributed by atoms with Crippen molar-refractivity contribution in [3.63, 3.8) is 0 Å². The maximum absolute atomic E-state index is 13.1. The van der Waals surface area contributed by atoms with Crippen molar-refractivity contribution in [3.05, 3.63) is 88.0 Å². The van der Waals surface area contributed by atoms with Crippen LogP contribution in [0.5, 0.6) is 17.2 Å². The van der Waals surface area contributed by atoms with Gasteiger partial charge in [0.1, 0.15) is 23.9 Å². The second kappa shape index (κ2) is 9.25. The fraction of sp³-hybridized carbons (Fsp3) is 0.250. The van der Waals surface area contributed by atoms with Gasteiger partial charge in [-0.15, -0.1) is 0 Å². The quantitative estimate of drug-likeness (QED) is 0.389. The highest BCUT2D eigenvalue weighted by atomic mass is 16.5. The molecule has 1 saturated carbocycles. The topological polar surface area (TPSA) is 102 Å². The lowest BCUT2D eigenvalue weighted by Crippen LogP contribution is -2.19. The minimum absolute atomic E-state index is 0.121. The second-order valence-corrected chi connectivity index (χ2v) is 8.85. The highest BCUT2D eigenvalue weighted by Gasteiger charge is 2.26. The summed E-state index contributed by atoms with van der Waals surface area (Å²) in [5.74, 6) is -0.257. The van der Waals surface area contributed by atoms with Gasteiger partial charge < -0.3 is 14.6 Å². The van der Waals surface area contributed by atoms with Crippen LogP contribution in [0.1, 0.15) is 73.4 Å². The Morgan fingerprint density at radius 2 is 1.74 bits per heavy atom. The average molecular weight is 471 g/mol. The van der Waals surface area contributed by atoms with Crippen LogP contribution in [-0.4, -0.2) is 28.8 Å². The van der Waals surface area contributed by atoms with Crippen molar-refractivity contribution in [2.24, 2.45) is 0 Å². The van der Waals surface area contributed by atoms with Crippen LogP contribution in [0.3, 0.4) is 0 Å². The van der Waals surface area contributed by atoms with Gasteiger partial charge in [0.2, 0.25) is 0 Å². The molecule has 2 N–H and O–H groups in total. The average Bonchev–Trinajstić information content (AvgIpc) is 3.45. The standard InChI is InChI=1S/C28H24NO6/c1-16-12-19(34-15-17-6-9-22-24(13-17)28(33)29-27(22)32)7-10-21(16)26(31)23-11-8-20(14-25(23)30)35-18-4-2-3-5-18/h6-11,13-14,18,30H,2-5,15H2,1H3,(H,29,32,33). The summed E-state index contributed by atoms with van der Waals surface area (Å²) in [6.07, 6.45) is 4.47. The molecule has 2 aliphatic rings. The molecule has 35 heavy (non-hydrogen) atoms. The van der Waals surface area contributed by atoms with E-state index in [0.29, 0.717) is 33.8 Å². The molecule has 5 rings (SSSR count). The third-order valence-corrected chi connectivity index (χ3v) is 6.37. The van der Waals surface area contributed by atoms with E-state index in [1.807, 2.05) is 0 Å². The van der Waals surface area contributed by atoms with Gasteiger partial charge in [0, 0.05) is 17.7 Å². The van der Waals surface area contributed by atoms with Gasteiger partial charge in [0.15, 0.2) is 5.78 Å². The normalized spacial score (nSPS) is 15.1. The van der Waals surface area contributed by atoms with Crippen molar-refractivity contribution in [2.45, 2.75) is 45.3 Å². The lowest BCUT2D eigenvalue weighted by atomic mass is 9.98. The van der Waals surface area contributed by atoms with E-state index in [1.165, 1.54) is 6.07 Å². The number of aromatic hydroxyl groups is 1. The molecule has 0 atom stereocenters. The van der Waals surface area contributed by atoms with E-state index in [9.17, 15) is 19.5 Å². The smallest absolute Gasteiger partial charge is 0.258 e. The summed E-state index contributed by atoms with van der Waals surface area (Å²) in [4.78, 5) is 36.6. The maximum Gasteiger partial charge on any atom is 0.258 e. The Bertz CT molecular complexity index is 1340. The molecule has 1 fully saturated rings. The van der Waals surface area contributed by atoms with Crippen molar-refractivity contribution in [2.75, 3.05) is 0 Å². The van der Waals surface area contributed by atoms with Crippen LogP contribution >= 0.6 is 0 Å². The molecule has 1 radical (unpaired) electrons. The monoisotopic (exact) mass is 470 g/mol. The Balaban J connectivity index is 1.27. The summed E-state index contributed by atoms with van der Waals surface area (Å²) in [5.41, 5.74) is 2.59. The molecule has 2 amide bonds. The number of benzene rings is 3. The molecule has 177 valence electrons. The molecule has 7 nitrogen and oxygen atoms in total. The number of fused-ring (bicyclic) bond motifs is 1. The molecule has 0 spiro atoms. The van der Waals surface area contributed by atoms with Gasteiger partial charge in [0.05, 0.1) is 22.8 Å². The number of carbonyl (C=O) groups excluding carboxylic acids is 3. The first-order valence-corrected chi connectivity index (χ1v) is 11.6. The Morgan fingerprint density at radius 3 is 2.49 bits per heavy atom. The van der Waals surface area contributed by atoms with Crippen molar-refractivity contribution in [1.82, 2.24) is 5.32 Å². The summed E-state index contributed by atoms with van der Waals surface area (Å²) in [6.45, 7) is 1.92. The van der Waals surface area contributed by atoms with E-state index in [0.717, 1.165) is 31.2 Å². The van der Waals surface area contributed by atoms with Crippen molar-refractivity contribution < 1.29 is 29.0 Å². The molecule has 1 aliphatic carbocycles. The third-order valence-electron chi connectivity index (χ3n) is 6.37. The van der Waals surface area contributed by atoms with E-state index in [4.69, 9.17) is 9.47 Å². The third kappa shape index (κ3) is 4.62. The number of hydrogen-bond donors (Lipinski definition) is 2. The molecular weight excluding hydrogens is 446 g/mol. The van der Waals surface area contributed by atoms with E-state index < -0.39 is 11.8 Å². The molecule has 0 unspecified atom stereocenters. The zero-order valence-electron chi connectivity index (χ0n) is 19.2. The number of phenols is 1. The highest BCUT2D eigenvalue weighted by Crippen LogP contribution is 2.30. The van der Waals surface area contributed by atoms with E-state index in [-0.39, 0.29) is 29.8 Å². The van der Waals surface area contributed by atoms with Gasteiger partial charge in [-0.1, -0.05) is 6.07 Å². The lowest BCUT2D eigenvalue weighted by molar-refractivity contribution is 0.0878. The van der Waals surface area contributed by atoms with Gasteiger partial charge in [-0.25, -0.2) is 0 Å². The minimum Gasteiger partial charge on any atom is -0.507 e. The number of phenolic OH excluding ortho intramolecular Hbond substituents is 1. The summed E-state index contributed by atoms with van der Waals surface area (Å²) in [5, 5.41) is 12.7. The number of amides is 2. The number of hydrogen-bond acceptors (Lipinski definition) is 6. The van der Waals surface area contributed by atoms with E-state index in [2.05, 4.69) is 11.4 Å². The zero-order valence-corrected chi connectivity index (χ0v) is 19.2. The van der Waals surface area contributed by atoms with E-state index in [1.54, 1.807) is 49.4 Å². The van der Waals surface area contributed by atoms with Crippen LogP contribution in [0, 0.1) is 13.0 Å². The minimum atomic E-state index is -0.418. The largest absolute Gasteiger partial charge is 0.507 e. The van der Waals surface area contributed by atoms with Gasteiger partial charge >= 0.3 is 0 Å². The van der Waals surface area contributed by atoms with Gasteiger partial charge in [-0.05, 0) is 80.1 Å². The number of imide groups is 1. The first-order chi connectivity index (χ1) is 16.9. The molecule has 1 heterocycles. The van der Waals surface area contributed by atoms with E-state index >= 15 is 0 Å². The molecule has 3 aromatic rings. The molecule has 3 aromatic carbocycles. The van der Waals surface area contributed by atoms with Crippen molar-refractivity contribution in [1.29, 1.82) is 0 Å². The zero-order chi connectivity index (χ0) is 24.5. The van der Waals surface area contributed by atoms with Gasteiger partial charge in [0.25, 0.3) is 11.8 Å². The Hall–Kier alpha value is -4.13. The fourth-order valence-corrected chi connectivity index (χ4v) is 4.49. The van der Waals surface area contributed by atoms with Gasteiger partial charge in [-0.2, -0.15) is 0 Å². The Morgan fingerprint density at radius 1 is 1.00 bits per heavy atom. The second-order valence-electron chi connectivity index (χ2n) is 8.85. The SMILES string of the molecule is Cc1[c]c(OCc2ccc3c(c2)C(=O)NC3=O)ccc1C(=O)c1ccc(OC2CCCC2)cc1O. The molecule has 7 heteroatoms. The molecule has 0 bridgehead atoms. The molecule has 0 aromatic heterocycles. The first-order valence-electron chi connectivity index (χ1n) is 11.6. The van der Waals surface area contributed by atoms with Gasteiger partial charge in [-0.3, -0.25) is 19.7 Å².